The van der Waals surface area contributed by atoms with Crippen molar-refractivity contribution in [3.8, 4) is 0 Å². The lowest BCUT2D eigenvalue weighted by Gasteiger charge is -2.18. The molecule has 0 saturated heterocycles. The van der Waals surface area contributed by atoms with E-state index in [2.05, 4.69) is 24.1 Å². The Morgan fingerprint density at radius 2 is 1.94 bits per heavy atom. The summed E-state index contributed by atoms with van der Waals surface area (Å²) >= 11 is 0. The van der Waals surface area contributed by atoms with Gasteiger partial charge in [-0.25, -0.2) is 0 Å². The number of carbonyl (C=O) groups is 1. The van der Waals surface area contributed by atoms with Crippen molar-refractivity contribution < 1.29 is 4.79 Å². The number of nitrogens with two attached hydrogens (primary N) is 1. The molecule has 1 amide bonds. The molecule has 2 atom stereocenters. The average Bonchev–Trinajstić information content (AvgIpc) is 2.29. The highest BCUT2D eigenvalue weighted by atomic mass is 16.2. The summed E-state index contributed by atoms with van der Waals surface area (Å²) in [5, 5.41) is 2.91. The molecule has 0 spiro atoms. The first-order chi connectivity index (χ1) is 8.00. The van der Waals surface area contributed by atoms with Gasteiger partial charge in [-0.05, 0) is 37.0 Å². The SMILES string of the molecule is CC(C)CC(N)C(=O)N[C@@H](C)c1ccncc1. The first-order valence-electron chi connectivity index (χ1n) is 5.96. The van der Waals surface area contributed by atoms with E-state index in [0.29, 0.717) is 12.3 Å². The maximum Gasteiger partial charge on any atom is 0.237 e. The Kier molecular flexibility index (Phi) is 5.10. The zero-order valence-electron chi connectivity index (χ0n) is 10.7. The van der Waals surface area contributed by atoms with Gasteiger partial charge in [-0.1, -0.05) is 13.8 Å². The Morgan fingerprint density at radius 3 is 2.47 bits per heavy atom. The van der Waals surface area contributed by atoms with Gasteiger partial charge < -0.3 is 11.1 Å². The lowest BCUT2D eigenvalue weighted by Crippen LogP contribution is -2.42. The van der Waals surface area contributed by atoms with E-state index in [1.165, 1.54) is 0 Å². The predicted octanol–water partition coefficient (Wildman–Crippen LogP) is 1.63. The number of nitrogens with one attached hydrogen (secondary N) is 1. The van der Waals surface area contributed by atoms with Gasteiger partial charge in [0.05, 0.1) is 12.1 Å². The summed E-state index contributed by atoms with van der Waals surface area (Å²) in [5.41, 5.74) is 6.85. The molecule has 1 rings (SSSR count). The largest absolute Gasteiger partial charge is 0.348 e. The van der Waals surface area contributed by atoms with E-state index in [1.54, 1.807) is 12.4 Å². The highest BCUT2D eigenvalue weighted by Crippen LogP contribution is 2.11. The first-order valence-corrected chi connectivity index (χ1v) is 5.96. The third-order valence-electron chi connectivity index (χ3n) is 2.63. The van der Waals surface area contributed by atoms with Gasteiger partial charge in [-0.15, -0.1) is 0 Å². The minimum Gasteiger partial charge on any atom is -0.348 e. The van der Waals surface area contributed by atoms with Crippen molar-refractivity contribution >= 4 is 5.91 Å². The molecule has 4 heteroatoms. The molecule has 0 saturated carbocycles. The molecule has 1 heterocycles. The average molecular weight is 235 g/mol. The van der Waals surface area contributed by atoms with Crippen molar-refractivity contribution in [1.29, 1.82) is 0 Å². The number of rotatable bonds is 5. The van der Waals surface area contributed by atoms with Crippen molar-refractivity contribution in [3.63, 3.8) is 0 Å². The van der Waals surface area contributed by atoms with E-state index < -0.39 is 6.04 Å². The first kappa shape index (κ1) is 13.6. The molecule has 0 aliphatic heterocycles. The maximum atomic E-state index is 11.8. The number of aromatic nitrogens is 1. The van der Waals surface area contributed by atoms with Gasteiger partial charge in [-0.3, -0.25) is 9.78 Å². The summed E-state index contributed by atoms with van der Waals surface area (Å²) in [5.74, 6) is 0.329. The Labute approximate surface area is 103 Å². The summed E-state index contributed by atoms with van der Waals surface area (Å²) < 4.78 is 0. The molecule has 3 N–H and O–H groups in total. The van der Waals surface area contributed by atoms with Gasteiger partial charge in [-0.2, -0.15) is 0 Å². The van der Waals surface area contributed by atoms with Crippen LogP contribution in [0, 0.1) is 5.92 Å². The van der Waals surface area contributed by atoms with Gasteiger partial charge in [0.15, 0.2) is 0 Å². The summed E-state index contributed by atoms with van der Waals surface area (Å²) in [6.45, 7) is 6.05. The van der Waals surface area contributed by atoms with Crippen LogP contribution in [0.4, 0.5) is 0 Å². The molecular formula is C13H21N3O. The van der Waals surface area contributed by atoms with Crippen LogP contribution in [0.1, 0.15) is 38.8 Å². The second-order valence-electron chi connectivity index (χ2n) is 4.75. The quantitative estimate of drug-likeness (QED) is 0.815. The highest BCUT2D eigenvalue weighted by molar-refractivity contribution is 5.81. The summed E-state index contributed by atoms with van der Waals surface area (Å²) in [4.78, 5) is 15.8. The van der Waals surface area contributed by atoms with E-state index in [-0.39, 0.29) is 11.9 Å². The zero-order chi connectivity index (χ0) is 12.8. The minimum absolute atomic E-state index is 0.0382. The molecule has 1 aromatic rings. The molecule has 1 unspecified atom stereocenters. The van der Waals surface area contributed by atoms with Crippen molar-refractivity contribution in [2.45, 2.75) is 39.3 Å². The van der Waals surface area contributed by atoms with Crippen molar-refractivity contribution in [3.05, 3.63) is 30.1 Å². The van der Waals surface area contributed by atoms with Crippen LogP contribution in [-0.2, 0) is 4.79 Å². The van der Waals surface area contributed by atoms with Gasteiger partial charge in [0.1, 0.15) is 0 Å². The normalized spacial score (nSPS) is 14.4. The van der Waals surface area contributed by atoms with Crippen LogP contribution in [0.15, 0.2) is 24.5 Å². The molecular weight excluding hydrogens is 214 g/mol. The van der Waals surface area contributed by atoms with Crippen molar-refractivity contribution in [1.82, 2.24) is 10.3 Å². The summed E-state index contributed by atoms with van der Waals surface area (Å²) in [7, 11) is 0. The Hall–Kier alpha value is -1.42. The molecule has 0 aliphatic carbocycles. The fourth-order valence-corrected chi connectivity index (χ4v) is 1.67. The van der Waals surface area contributed by atoms with Crippen LogP contribution in [-0.4, -0.2) is 16.9 Å². The second kappa shape index (κ2) is 6.35. The van der Waals surface area contributed by atoms with Crippen LogP contribution in [0.5, 0.6) is 0 Å². The number of hydrogen-bond acceptors (Lipinski definition) is 3. The van der Waals surface area contributed by atoms with Crippen LogP contribution in [0.3, 0.4) is 0 Å². The van der Waals surface area contributed by atoms with Gasteiger partial charge in [0, 0.05) is 12.4 Å². The Balaban J connectivity index is 2.51. The van der Waals surface area contributed by atoms with Crippen LogP contribution in [0.25, 0.3) is 0 Å². The number of carbonyl (C=O) groups excluding carboxylic acids is 1. The summed E-state index contributed by atoms with van der Waals surface area (Å²) in [6.07, 6.45) is 4.13. The third-order valence-corrected chi connectivity index (χ3v) is 2.63. The molecule has 94 valence electrons. The van der Waals surface area contributed by atoms with E-state index in [9.17, 15) is 4.79 Å². The zero-order valence-corrected chi connectivity index (χ0v) is 10.7. The van der Waals surface area contributed by atoms with Crippen LogP contribution >= 0.6 is 0 Å². The van der Waals surface area contributed by atoms with E-state index in [1.807, 2.05) is 19.1 Å². The van der Waals surface area contributed by atoms with Crippen molar-refractivity contribution in [2.24, 2.45) is 11.7 Å². The topological polar surface area (TPSA) is 68.0 Å². The van der Waals surface area contributed by atoms with Gasteiger partial charge in [0.25, 0.3) is 0 Å². The molecule has 17 heavy (non-hydrogen) atoms. The standard InChI is InChI=1S/C13H21N3O/c1-9(2)8-12(14)13(17)16-10(3)11-4-6-15-7-5-11/h4-7,9-10,12H,8,14H2,1-3H3,(H,16,17)/t10-,12?/m0/s1. The number of hydrogen-bond donors (Lipinski definition) is 2. The number of nitrogens with zero attached hydrogens (tertiary/aromatic N) is 1. The molecule has 0 aliphatic rings. The van der Waals surface area contributed by atoms with E-state index in [4.69, 9.17) is 5.73 Å². The molecule has 0 aromatic carbocycles. The molecule has 1 aromatic heterocycles. The minimum atomic E-state index is -0.431. The predicted molar refractivity (Wildman–Crippen MR) is 68.2 cm³/mol. The smallest absolute Gasteiger partial charge is 0.237 e. The molecule has 0 bridgehead atoms. The number of pyridine rings is 1. The summed E-state index contributed by atoms with van der Waals surface area (Å²) in [6, 6.07) is 3.31. The molecule has 4 nitrogen and oxygen atoms in total. The van der Waals surface area contributed by atoms with Crippen LogP contribution in [0.2, 0.25) is 0 Å². The van der Waals surface area contributed by atoms with E-state index >= 15 is 0 Å². The molecule has 0 fully saturated rings. The second-order valence-corrected chi connectivity index (χ2v) is 4.75. The Bertz CT molecular complexity index is 351. The third kappa shape index (κ3) is 4.53. The fourth-order valence-electron chi connectivity index (χ4n) is 1.67. The van der Waals surface area contributed by atoms with Crippen molar-refractivity contribution in [2.75, 3.05) is 0 Å². The highest BCUT2D eigenvalue weighted by Gasteiger charge is 2.17. The lowest BCUT2D eigenvalue weighted by molar-refractivity contribution is -0.123. The van der Waals surface area contributed by atoms with Crippen LogP contribution < -0.4 is 11.1 Å². The van der Waals surface area contributed by atoms with Gasteiger partial charge >= 0.3 is 0 Å². The molecule has 0 radical (unpaired) electrons. The maximum absolute atomic E-state index is 11.8. The fraction of sp³-hybridized carbons (Fsp3) is 0.538. The number of amides is 1. The van der Waals surface area contributed by atoms with E-state index in [0.717, 1.165) is 5.56 Å². The Morgan fingerprint density at radius 1 is 1.35 bits per heavy atom. The lowest BCUT2D eigenvalue weighted by atomic mass is 10.0. The monoisotopic (exact) mass is 235 g/mol. The van der Waals surface area contributed by atoms with Gasteiger partial charge in [0.2, 0.25) is 5.91 Å².